The first kappa shape index (κ1) is 15.3. The van der Waals surface area contributed by atoms with Gasteiger partial charge < -0.3 is 10.0 Å². The maximum absolute atomic E-state index is 8.89. The van der Waals surface area contributed by atoms with Crippen molar-refractivity contribution in [2.75, 3.05) is 25.6 Å². The minimum Gasteiger partial charge on any atom is -0.390 e. The fourth-order valence-electron chi connectivity index (χ4n) is 2.16. The summed E-state index contributed by atoms with van der Waals surface area (Å²) in [6.07, 6.45) is 8.22. The lowest BCUT2D eigenvalue weighted by Gasteiger charge is -2.13. The maximum Gasteiger partial charge on any atom is 0.171 e. The number of hydrogen-bond acceptors (Lipinski definition) is 2. The van der Waals surface area contributed by atoms with Crippen LogP contribution in [0.3, 0.4) is 0 Å². The van der Waals surface area contributed by atoms with Crippen LogP contribution in [0, 0.1) is 6.92 Å². The molecule has 1 aromatic carbocycles. The first-order valence-electron chi connectivity index (χ1n) is 7.16. The van der Waals surface area contributed by atoms with Crippen molar-refractivity contribution in [3.05, 3.63) is 59.4 Å². The lowest BCUT2D eigenvalue weighted by Crippen LogP contribution is -2.34. The zero-order valence-corrected chi connectivity index (χ0v) is 13.0. The Bertz CT molecular complexity index is 616. The van der Waals surface area contributed by atoms with Gasteiger partial charge in [0.25, 0.3) is 0 Å². The molecule has 3 nitrogen and oxygen atoms in total. The van der Waals surface area contributed by atoms with Gasteiger partial charge >= 0.3 is 0 Å². The highest BCUT2D eigenvalue weighted by atomic mass is 16.3. The molecule has 110 valence electrons. The number of pyridine rings is 1. The topological polar surface area (TPSA) is 27.4 Å². The van der Waals surface area contributed by atoms with Crippen LogP contribution in [-0.2, 0) is 6.54 Å². The van der Waals surface area contributed by atoms with Crippen LogP contribution >= 0.6 is 0 Å². The molecule has 1 heterocycles. The van der Waals surface area contributed by atoms with Crippen molar-refractivity contribution < 1.29 is 9.67 Å². The van der Waals surface area contributed by atoms with Crippen molar-refractivity contribution in [3.63, 3.8) is 0 Å². The summed E-state index contributed by atoms with van der Waals surface area (Å²) in [5.74, 6) is 0. The molecule has 0 saturated heterocycles. The molecule has 0 fully saturated rings. The highest BCUT2D eigenvalue weighted by Gasteiger charge is 2.00. The molecule has 0 radical (unpaired) electrons. The highest BCUT2D eigenvalue weighted by molar-refractivity contribution is 5.72. The second-order valence-electron chi connectivity index (χ2n) is 5.36. The SMILES string of the molecule is Cc1cc(N(C)C)ccc1C=Cc1cc[n+](CCO)cc1. The van der Waals surface area contributed by atoms with Crippen molar-refractivity contribution >= 4 is 17.8 Å². The Hall–Kier alpha value is -2.13. The molecule has 0 unspecified atom stereocenters. The monoisotopic (exact) mass is 283 g/mol. The van der Waals surface area contributed by atoms with Crippen molar-refractivity contribution in [1.82, 2.24) is 0 Å². The molecule has 0 aliphatic carbocycles. The van der Waals surface area contributed by atoms with Gasteiger partial charge in [-0.05, 0) is 35.7 Å². The number of aliphatic hydroxyl groups excluding tert-OH is 1. The van der Waals surface area contributed by atoms with Gasteiger partial charge in [0.2, 0.25) is 0 Å². The maximum atomic E-state index is 8.89. The van der Waals surface area contributed by atoms with E-state index in [-0.39, 0.29) is 6.61 Å². The van der Waals surface area contributed by atoms with Crippen molar-refractivity contribution in [3.8, 4) is 0 Å². The van der Waals surface area contributed by atoms with Crippen molar-refractivity contribution in [2.45, 2.75) is 13.5 Å². The molecule has 2 aromatic rings. The summed E-state index contributed by atoms with van der Waals surface area (Å²) in [6.45, 7) is 2.93. The van der Waals surface area contributed by atoms with Crippen LogP contribution in [0.25, 0.3) is 12.2 Å². The molecule has 0 saturated carbocycles. The molecule has 1 aromatic heterocycles. The van der Waals surface area contributed by atoms with Gasteiger partial charge in [-0.3, -0.25) is 0 Å². The van der Waals surface area contributed by atoms with E-state index in [1.807, 2.05) is 17.0 Å². The van der Waals surface area contributed by atoms with Crippen LogP contribution in [0.15, 0.2) is 42.7 Å². The van der Waals surface area contributed by atoms with Crippen LogP contribution in [0.5, 0.6) is 0 Å². The Morgan fingerprint density at radius 1 is 1.10 bits per heavy atom. The first-order valence-corrected chi connectivity index (χ1v) is 7.16. The van der Waals surface area contributed by atoms with E-state index >= 15 is 0 Å². The Kier molecular flexibility index (Phi) is 5.12. The Morgan fingerprint density at radius 2 is 1.81 bits per heavy atom. The molecule has 0 spiro atoms. The predicted octanol–water partition coefficient (Wildman–Crippen LogP) is 2.51. The van der Waals surface area contributed by atoms with Crippen LogP contribution < -0.4 is 9.47 Å². The third kappa shape index (κ3) is 4.17. The minimum atomic E-state index is 0.164. The molecule has 0 bridgehead atoms. The molecule has 0 atom stereocenters. The number of anilines is 1. The number of nitrogens with zero attached hydrogens (tertiary/aromatic N) is 2. The van der Waals surface area contributed by atoms with Crippen LogP contribution in [0.1, 0.15) is 16.7 Å². The zero-order chi connectivity index (χ0) is 15.2. The van der Waals surface area contributed by atoms with Gasteiger partial charge in [0.15, 0.2) is 18.9 Å². The standard InChI is InChI=1S/C18H23N2O/c1-15-14-18(19(2)3)7-6-17(15)5-4-16-8-10-20(11-9-16)12-13-21/h4-11,14,21H,12-13H2,1-3H3/q+1. The van der Waals surface area contributed by atoms with Gasteiger partial charge in [0.05, 0.1) is 0 Å². The molecule has 21 heavy (non-hydrogen) atoms. The third-order valence-electron chi connectivity index (χ3n) is 3.50. The molecule has 0 aliphatic heterocycles. The number of aromatic nitrogens is 1. The summed E-state index contributed by atoms with van der Waals surface area (Å²) in [6, 6.07) is 10.6. The largest absolute Gasteiger partial charge is 0.390 e. The van der Waals surface area contributed by atoms with Gasteiger partial charge in [-0.25, -0.2) is 4.57 Å². The quantitative estimate of drug-likeness (QED) is 0.854. The van der Waals surface area contributed by atoms with E-state index in [0.29, 0.717) is 6.54 Å². The molecule has 2 rings (SSSR count). The number of rotatable bonds is 5. The van der Waals surface area contributed by atoms with Crippen LogP contribution in [0.4, 0.5) is 5.69 Å². The van der Waals surface area contributed by atoms with Crippen LogP contribution in [-0.4, -0.2) is 25.8 Å². The van der Waals surface area contributed by atoms with Gasteiger partial charge in [-0.2, -0.15) is 0 Å². The first-order chi connectivity index (χ1) is 10.1. The normalized spacial score (nSPS) is 11.0. The second kappa shape index (κ2) is 7.04. The predicted molar refractivity (Wildman–Crippen MR) is 88.2 cm³/mol. The van der Waals surface area contributed by atoms with E-state index in [1.54, 1.807) is 0 Å². The molecule has 3 heteroatoms. The van der Waals surface area contributed by atoms with E-state index < -0.39 is 0 Å². The number of aliphatic hydroxyl groups is 1. The van der Waals surface area contributed by atoms with Crippen molar-refractivity contribution in [2.24, 2.45) is 0 Å². The van der Waals surface area contributed by atoms with Gasteiger partial charge in [-0.1, -0.05) is 18.2 Å². The summed E-state index contributed by atoms with van der Waals surface area (Å²) in [5, 5.41) is 8.89. The molecule has 0 aliphatic rings. The summed E-state index contributed by atoms with van der Waals surface area (Å²) >= 11 is 0. The minimum absolute atomic E-state index is 0.164. The Labute approximate surface area is 126 Å². The van der Waals surface area contributed by atoms with Crippen LogP contribution in [0.2, 0.25) is 0 Å². The zero-order valence-electron chi connectivity index (χ0n) is 13.0. The van der Waals surface area contributed by atoms with Gasteiger partial charge in [0.1, 0.15) is 6.61 Å². The summed E-state index contributed by atoms with van der Waals surface area (Å²) < 4.78 is 1.97. The van der Waals surface area contributed by atoms with Crippen molar-refractivity contribution in [1.29, 1.82) is 0 Å². The lowest BCUT2D eigenvalue weighted by molar-refractivity contribution is -0.698. The van der Waals surface area contributed by atoms with E-state index in [2.05, 4.69) is 68.4 Å². The molecular formula is C18H23N2O+. The fraction of sp³-hybridized carbons (Fsp3) is 0.278. The molecule has 0 amide bonds. The molecule has 1 N–H and O–H groups in total. The lowest BCUT2D eigenvalue weighted by atomic mass is 10.1. The third-order valence-corrected chi connectivity index (χ3v) is 3.50. The van der Waals surface area contributed by atoms with E-state index in [0.717, 1.165) is 5.56 Å². The number of hydrogen-bond donors (Lipinski definition) is 1. The summed E-state index contributed by atoms with van der Waals surface area (Å²) in [5.41, 5.74) is 4.87. The summed E-state index contributed by atoms with van der Waals surface area (Å²) in [7, 11) is 4.10. The fourth-order valence-corrected chi connectivity index (χ4v) is 2.16. The van der Waals surface area contributed by atoms with E-state index in [9.17, 15) is 0 Å². The smallest absolute Gasteiger partial charge is 0.171 e. The van der Waals surface area contributed by atoms with E-state index in [4.69, 9.17) is 5.11 Å². The summed E-state index contributed by atoms with van der Waals surface area (Å²) in [4.78, 5) is 2.11. The highest BCUT2D eigenvalue weighted by Crippen LogP contribution is 2.19. The molecular weight excluding hydrogens is 260 g/mol. The average molecular weight is 283 g/mol. The Balaban J connectivity index is 2.13. The average Bonchev–Trinajstić information content (AvgIpc) is 2.47. The van der Waals surface area contributed by atoms with Gasteiger partial charge in [0, 0.05) is 31.9 Å². The number of aryl methyl sites for hydroxylation is 1. The van der Waals surface area contributed by atoms with E-state index in [1.165, 1.54) is 16.8 Å². The number of benzene rings is 1. The Morgan fingerprint density at radius 3 is 2.38 bits per heavy atom. The second-order valence-corrected chi connectivity index (χ2v) is 5.36. The van der Waals surface area contributed by atoms with Gasteiger partial charge in [-0.15, -0.1) is 0 Å².